The molecule has 0 spiro atoms. The maximum Gasteiger partial charge on any atom is 0.322 e. The minimum absolute atomic E-state index is 0.0914. The predicted octanol–water partition coefficient (Wildman–Crippen LogP) is 3.61. The normalized spacial score (nSPS) is 10.3. The number of aliphatic carboxylic acids is 1. The lowest BCUT2D eigenvalue weighted by molar-refractivity contribution is -0.135. The Hall–Kier alpha value is -2.44. The zero-order chi connectivity index (χ0) is 17.9. The first-order valence-electron chi connectivity index (χ1n) is 6.74. The van der Waals surface area contributed by atoms with Gasteiger partial charge >= 0.3 is 5.97 Å². The quantitative estimate of drug-likeness (QED) is 0.747. The Morgan fingerprint density at radius 3 is 2.33 bits per heavy atom. The van der Waals surface area contributed by atoms with E-state index in [-0.39, 0.29) is 27.1 Å². The molecule has 0 heterocycles. The first kappa shape index (κ1) is 17.9. The molecule has 0 aliphatic carbocycles. The summed E-state index contributed by atoms with van der Waals surface area (Å²) >= 11 is 12.2. The van der Waals surface area contributed by atoms with Crippen LogP contribution < -0.4 is 10.1 Å². The molecule has 0 atom stereocenters. The molecule has 2 aromatic rings. The lowest BCUT2D eigenvalue weighted by atomic mass is 10.2. The van der Waals surface area contributed by atoms with E-state index in [4.69, 9.17) is 33.0 Å². The average molecular weight is 370 g/mol. The zero-order valence-corrected chi connectivity index (χ0v) is 14.0. The molecule has 0 aliphatic heterocycles. The summed E-state index contributed by atoms with van der Waals surface area (Å²) in [6.45, 7) is 1.19. The van der Waals surface area contributed by atoms with E-state index in [0.717, 1.165) is 0 Å². The van der Waals surface area contributed by atoms with Crippen molar-refractivity contribution in [3.05, 3.63) is 51.5 Å². The number of carbonyl (C=O) groups is 2. The molecule has 0 bridgehead atoms. The number of carboxylic acid groups (broad SMARTS) is 1. The third-order valence-corrected chi connectivity index (χ3v) is 3.61. The highest BCUT2D eigenvalue weighted by atomic mass is 35.5. The van der Waals surface area contributed by atoms with E-state index >= 15 is 0 Å². The molecule has 0 unspecified atom stereocenters. The number of phenolic OH excluding ortho intramolecular Hbond substituents is 1. The number of halogens is 2. The van der Waals surface area contributed by atoms with Crippen LogP contribution in [-0.2, 0) is 4.79 Å². The number of nitrogens with one attached hydrogen (secondary N) is 1. The monoisotopic (exact) mass is 369 g/mol. The third kappa shape index (κ3) is 4.31. The molecule has 8 heteroatoms. The van der Waals surface area contributed by atoms with Gasteiger partial charge in [0, 0.05) is 5.56 Å². The van der Waals surface area contributed by atoms with Crippen LogP contribution in [0, 0.1) is 6.92 Å². The smallest absolute Gasteiger partial charge is 0.322 e. The van der Waals surface area contributed by atoms with Crippen LogP contribution in [-0.4, -0.2) is 28.6 Å². The number of carbonyl (C=O) groups excluding carboxylic acids is 1. The van der Waals surface area contributed by atoms with Gasteiger partial charge in [0.1, 0.15) is 18.0 Å². The fourth-order valence-electron chi connectivity index (χ4n) is 1.86. The molecule has 6 nitrogen and oxygen atoms in total. The number of amides is 1. The number of benzene rings is 2. The van der Waals surface area contributed by atoms with Crippen molar-refractivity contribution in [2.45, 2.75) is 6.92 Å². The Morgan fingerprint density at radius 2 is 1.79 bits per heavy atom. The molecule has 0 aliphatic rings. The molecule has 2 aromatic carbocycles. The van der Waals surface area contributed by atoms with Gasteiger partial charge < -0.3 is 20.3 Å². The third-order valence-electron chi connectivity index (χ3n) is 3.05. The fourth-order valence-corrected chi connectivity index (χ4v) is 2.42. The number of phenols is 1. The van der Waals surface area contributed by atoms with Crippen molar-refractivity contribution in [3.8, 4) is 17.2 Å². The standard InChI is InChI=1S/C16H13Cl2NO5/c1-8-4-10(2-3-13(8)20)24-15-11(17)5-9(6-12(15)18)16(23)19-7-14(21)22/h2-6,20H,7H2,1H3,(H,19,23)(H,21,22). The van der Waals surface area contributed by atoms with Crippen molar-refractivity contribution in [3.63, 3.8) is 0 Å². The molecule has 2 rings (SSSR count). The number of rotatable bonds is 5. The van der Waals surface area contributed by atoms with E-state index in [9.17, 15) is 14.7 Å². The number of carboxylic acids is 1. The van der Waals surface area contributed by atoms with Gasteiger partial charge in [0.2, 0.25) is 0 Å². The Balaban J connectivity index is 2.24. The van der Waals surface area contributed by atoms with Crippen molar-refractivity contribution in [2.75, 3.05) is 6.54 Å². The van der Waals surface area contributed by atoms with E-state index in [2.05, 4.69) is 5.32 Å². The second-order valence-electron chi connectivity index (χ2n) is 4.90. The molecule has 0 radical (unpaired) electrons. The lowest BCUT2D eigenvalue weighted by Crippen LogP contribution is -2.29. The molecule has 0 saturated heterocycles. The van der Waals surface area contributed by atoms with E-state index in [0.29, 0.717) is 11.3 Å². The first-order valence-corrected chi connectivity index (χ1v) is 7.50. The first-order chi connectivity index (χ1) is 11.3. The van der Waals surface area contributed by atoms with Gasteiger partial charge in [-0.15, -0.1) is 0 Å². The van der Waals surface area contributed by atoms with Gasteiger partial charge in [-0.2, -0.15) is 0 Å². The second kappa shape index (κ2) is 7.42. The number of ether oxygens (including phenoxy) is 1. The lowest BCUT2D eigenvalue weighted by Gasteiger charge is -2.12. The van der Waals surface area contributed by atoms with Gasteiger partial charge in [-0.25, -0.2) is 0 Å². The molecular formula is C16H13Cl2NO5. The summed E-state index contributed by atoms with van der Waals surface area (Å²) in [5, 5.41) is 20.5. The maximum atomic E-state index is 11.8. The average Bonchev–Trinajstić information content (AvgIpc) is 2.51. The molecule has 0 saturated carbocycles. The highest BCUT2D eigenvalue weighted by Gasteiger charge is 2.15. The van der Waals surface area contributed by atoms with Gasteiger partial charge in [0.15, 0.2) is 5.75 Å². The number of aromatic hydroxyl groups is 1. The summed E-state index contributed by atoms with van der Waals surface area (Å²) in [5.41, 5.74) is 0.727. The second-order valence-corrected chi connectivity index (χ2v) is 5.71. The summed E-state index contributed by atoms with van der Waals surface area (Å²) in [6, 6.07) is 7.28. The highest BCUT2D eigenvalue weighted by Crippen LogP contribution is 2.38. The highest BCUT2D eigenvalue weighted by molar-refractivity contribution is 6.37. The summed E-state index contributed by atoms with van der Waals surface area (Å²) in [4.78, 5) is 22.3. The number of aryl methyl sites for hydroxylation is 1. The van der Waals surface area contributed by atoms with E-state index in [1.54, 1.807) is 19.1 Å². The molecule has 3 N–H and O–H groups in total. The summed E-state index contributed by atoms with van der Waals surface area (Å²) in [7, 11) is 0. The Labute approximate surface area is 147 Å². The minimum Gasteiger partial charge on any atom is -0.508 e. The van der Waals surface area contributed by atoms with Gasteiger partial charge in [-0.1, -0.05) is 23.2 Å². The van der Waals surface area contributed by atoms with Crippen molar-refractivity contribution in [1.82, 2.24) is 5.32 Å². The van der Waals surface area contributed by atoms with Gasteiger partial charge in [-0.05, 0) is 42.8 Å². The van der Waals surface area contributed by atoms with Crippen LogP contribution in [0.25, 0.3) is 0 Å². The molecule has 126 valence electrons. The SMILES string of the molecule is Cc1cc(Oc2c(Cl)cc(C(=O)NCC(=O)O)cc2Cl)ccc1O. The van der Waals surface area contributed by atoms with Crippen LogP contribution in [0.15, 0.2) is 30.3 Å². The maximum absolute atomic E-state index is 11.8. The van der Waals surface area contributed by atoms with Crippen LogP contribution in [0.5, 0.6) is 17.2 Å². The summed E-state index contributed by atoms with van der Waals surface area (Å²) < 4.78 is 5.61. The molecule has 1 amide bonds. The van der Waals surface area contributed by atoms with E-state index in [1.165, 1.54) is 18.2 Å². The van der Waals surface area contributed by atoms with Crippen LogP contribution in [0.3, 0.4) is 0 Å². The summed E-state index contributed by atoms with van der Waals surface area (Å²) in [5.74, 6) is -1.09. The van der Waals surface area contributed by atoms with Crippen LogP contribution in [0.4, 0.5) is 0 Å². The van der Waals surface area contributed by atoms with Crippen LogP contribution >= 0.6 is 23.2 Å². The van der Waals surface area contributed by atoms with E-state index in [1.807, 2.05) is 0 Å². The fraction of sp³-hybridized carbons (Fsp3) is 0.125. The van der Waals surface area contributed by atoms with Crippen LogP contribution in [0.2, 0.25) is 10.0 Å². The van der Waals surface area contributed by atoms with Gasteiger partial charge in [0.25, 0.3) is 5.91 Å². The van der Waals surface area contributed by atoms with Crippen molar-refractivity contribution >= 4 is 35.1 Å². The van der Waals surface area contributed by atoms with Crippen molar-refractivity contribution in [1.29, 1.82) is 0 Å². The Bertz CT molecular complexity index is 784. The van der Waals surface area contributed by atoms with Crippen molar-refractivity contribution in [2.24, 2.45) is 0 Å². The number of hydrogen-bond donors (Lipinski definition) is 3. The minimum atomic E-state index is -1.16. The molecule has 0 fully saturated rings. The van der Waals surface area contributed by atoms with Gasteiger partial charge in [-0.3, -0.25) is 9.59 Å². The zero-order valence-electron chi connectivity index (χ0n) is 12.5. The van der Waals surface area contributed by atoms with Crippen LogP contribution in [0.1, 0.15) is 15.9 Å². The predicted molar refractivity (Wildman–Crippen MR) is 89.3 cm³/mol. The summed E-state index contributed by atoms with van der Waals surface area (Å²) in [6.07, 6.45) is 0. The Kier molecular flexibility index (Phi) is 5.54. The largest absolute Gasteiger partial charge is 0.508 e. The van der Waals surface area contributed by atoms with E-state index < -0.39 is 18.4 Å². The number of hydrogen-bond acceptors (Lipinski definition) is 4. The molecule has 0 aromatic heterocycles. The van der Waals surface area contributed by atoms with Crippen molar-refractivity contribution < 1.29 is 24.5 Å². The topological polar surface area (TPSA) is 95.9 Å². The molecule has 24 heavy (non-hydrogen) atoms. The Morgan fingerprint density at radius 1 is 1.17 bits per heavy atom. The molecular weight excluding hydrogens is 357 g/mol. The van der Waals surface area contributed by atoms with Gasteiger partial charge in [0.05, 0.1) is 10.0 Å².